The molecule has 4 heterocycles. The number of anilines is 1. The lowest BCUT2D eigenvalue weighted by atomic mass is 9.90. The molecule has 0 aliphatic carbocycles. The van der Waals surface area contributed by atoms with Crippen LogP contribution in [0.2, 0.25) is 0 Å². The molecule has 4 rings (SSSR count). The number of hydrogen-bond acceptors (Lipinski definition) is 6. The summed E-state index contributed by atoms with van der Waals surface area (Å²) in [5.74, 6) is 1.13. The van der Waals surface area contributed by atoms with Crippen molar-refractivity contribution in [3.05, 3.63) is 17.8 Å². The highest BCUT2D eigenvalue weighted by atomic mass is 32.1. The Morgan fingerprint density at radius 1 is 1.46 bits per heavy atom. The lowest BCUT2D eigenvalue weighted by Crippen LogP contribution is -2.46. The van der Waals surface area contributed by atoms with E-state index in [9.17, 15) is 4.79 Å². The SMILES string of the molecule is CC1(CN)CCN(C(=O)C2CCCN2c2ncnc3sccc23)C1. The van der Waals surface area contributed by atoms with Crippen LogP contribution >= 0.6 is 11.3 Å². The van der Waals surface area contributed by atoms with Gasteiger partial charge in [0, 0.05) is 19.6 Å². The van der Waals surface area contributed by atoms with Gasteiger partial charge in [0.1, 0.15) is 23.0 Å². The first-order valence-corrected chi connectivity index (χ1v) is 9.43. The van der Waals surface area contributed by atoms with Gasteiger partial charge in [-0.3, -0.25) is 4.79 Å². The predicted molar refractivity (Wildman–Crippen MR) is 96.1 cm³/mol. The van der Waals surface area contributed by atoms with Crippen molar-refractivity contribution in [3.8, 4) is 0 Å². The van der Waals surface area contributed by atoms with Crippen LogP contribution in [0.3, 0.4) is 0 Å². The number of amides is 1. The molecule has 24 heavy (non-hydrogen) atoms. The van der Waals surface area contributed by atoms with Crippen molar-refractivity contribution in [1.82, 2.24) is 14.9 Å². The quantitative estimate of drug-likeness (QED) is 0.919. The van der Waals surface area contributed by atoms with Gasteiger partial charge in [-0.05, 0) is 42.7 Å². The van der Waals surface area contributed by atoms with E-state index in [4.69, 9.17) is 5.73 Å². The molecular formula is C17H23N5OS. The normalized spacial score (nSPS) is 27.3. The summed E-state index contributed by atoms with van der Waals surface area (Å²) < 4.78 is 0. The number of aromatic nitrogens is 2. The van der Waals surface area contributed by atoms with E-state index in [1.165, 1.54) is 0 Å². The summed E-state index contributed by atoms with van der Waals surface area (Å²) in [5.41, 5.74) is 5.95. The van der Waals surface area contributed by atoms with Crippen molar-refractivity contribution < 1.29 is 4.79 Å². The molecule has 0 aromatic carbocycles. The van der Waals surface area contributed by atoms with Gasteiger partial charge >= 0.3 is 0 Å². The van der Waals surface area contributed by atoms with E-state index >= 15 is 0 Å². The van der Waals surface area contributed by atoms with E-state index < -0.39 is 0 Å². The minimum atomic E-state index is -0.108. The Bertz CT molecular complexity index is 762. The number of hydrogen-bond donors (Lipinski definition) is 1. The maximum atomic E-state index is 13.1. The fraction of sp³-hybridized carbons (Fsp3) is 0.588. The zero-order chi connectivity index (χ0) is 16.7. The summed E-state index contributed by atoms with van der Waals surface area (Å²) in [4.78, 5) is 27.1. The topological polar surface area (TPSA) is 75.3 Å². The Labute approximate surface area is 145 Å². The molecule has 2 N–H and O–H groups in total. The zero-order valence-corrected chi connectivity index (χ0v) is 14.8. The fourth-order valence-electron chi connectivity index (χ4n) is 3.87. The summed E-state index contributed by atoms with van der Waals surface area (Å²) in [6.45, 7) is 5.26. The Hall–Kier alpha value is -1.73. The van der Waals surface area contributed by atoms with Crippen LogP contribution in [0.5, 0.6) is 0 Å². The maximum Gasteiger partial charge on any atom is 0.245 e. The van der Waals surface area contributed by atoms with E-state index in [2.05, 4.69) is 27.9 Å². The Morgan fingerprint density at radius 2 is 2.33 bits per heavy atom. The van der Waals surface area contributed by atoms with E-state index in [1.807, 2.05) is 10.3 Å². The molecule has 2 fully saturated rings. The largest absolute Gasteiger partial charge is 0.344 e. The second kappa shape index (κ2) is 5.97. The smallest absolute Gasteiger partial charge is 0.245 e. The molecule has 7 heteroatoms. The van der Waals surface area contributed by atoms with Gasteiger partial charge in [-0.1, -0.05) is 6.92 Å². The second-order valence-electron chi connectivity index (χ2n) is 7.21. The number of carbonyl (C=O) groups is 1. The van der Waals surface area contributed by atoms with E-state index in [0.717, 1.165) is 54.9 Å². The summed E-state index contributed by atoms with van der Waals surface area (Å²) >= 11 is 1.61. The Kier molecular flexibility index (Phi) is 3.92. The molecule has 0 radical (unpaired) electrons. The molecule has 6 nitrogen and oxygen atoms in total. The van der Waals surface area contributed by atoms with Crippen LogP contribution in [0.4, 0.5) is 5.82 Å². The molecule has 0 saturated carbocycles. The molecule has 2 aromatic heterocycles. The predicted octanol–water partition coefficient (Wildman–Crippen LogP) is 1.86. The van der Waals surface area contributed by atoms with Gasteiger partial charge in [-0.25, -0.2) is 9.97 Å². The summed E-state index contributed by atoms with van der Waals surface area (Å²) in [6, 6.07) is 1.94. The molecule has 2 aliphatic heterocycles. The highest BCUT2D eigenvalue weighted by Crippen LogP contribution is 2.34. The minimum absolute atomic E-state index is 0.0641. The van der Waals surface area contributed by atoms with E-state index in [0.29, 0.717) is 6.54 Å². The Morgan fingerprint density at radius 3 is 3.12 bits per heavy atom. The van der Waals surface area contributed by atoms with Gasteiger partial charge in [-0.2, -0.15) is 0 Å². The van der Waals surface area contributed by atoms with Crippen LogP contribution in [0.25, 0.3) is 10.2 Å². The van der Waals surface area contributed by atoms with E-state index in [1.54, 1.807) is 17.7 Å². The van der Waals surface area contributed by atoms with Crippen LogP contribution in [0.15, 0.2) is 17.8 Å². The third-order valence-corrected chi connectivity index (χ3v) is 6.23. The standard InChI is InChI=1S/C17H23N5OS/c1-17(9-18)5-7-21(10-17)16(23)13-3-2-6-22(13)14-12-4-8-24-15(12)20-11-19-14/h4,8,11,13H,2-3,5-7,9-10,18H2,1H3. The van der Waals surface area contributed by atoms with Crippen molar-refractivity contribution in [3.63, 3.8) is 0 Å². The van der Waals surface area contributed by atoms with Crippen molar-refractivity contribution in [2.45, 2.75) is 32.2 Å². The van der Waals surface area contributed by atoms with Crippen LogP contribution in [-0.4, -0.2) is 53.0 Å². The number of rotatable bonds is 3. The number of likely N-dealkylation sites (tertiary alicyclic amines) is 1. The number of nitrogens with two attached hydrogens (primary N) is 1. The lowest BCUT2D eigenvalue weighted by Gasteiger charge is -2.30. The average Bonchev–Trinajstić information content (AvgIpc) is 3.33. The van der Waals surface area contributed by atoms with Gasteiger partial charge in [0.2, 0.25) is 5.91 Å². The first kappa shape index (κ1) is 15.8. The highest BCUT2D eigenvalue weighted by Gasteiger charge is 2.40. The minimum Gasteiger partial charge on any atom is -0.344 e. The first-order valence-electron chi connectivity index (χ1n) is 8.55. The molecular weight excluding hydrogens is 322 g/mol. The molecule has 0 spiro atoms. The monoisotopic (exact) mass is 345 g/mol. The van der Waals surface area contributed by atoms with Gasteiger partial charge in [0.05, 0.1) is 5.39 Å². The van der Waals surface area contributed by atoms with Crippen molar-refractivity contribution in [2.75, 3.05) is 31.1 Å². The lowest BCUT2D eigenvalue weighted by molar-refractivity contribution is -0.131. The van der Waals surface area contributed by atoms with Crippen LogP contribution in [0, 0.1) is 5.41 Å². The molecule has 2 saturated heterocycles. The molecule has 2 aromatic rings. The average molecular weight is 345 g/mol. The highest BCUT2D eigenvalue weighted by molar-refractivity contribution is 7.16. The molecule has 2 aliphatic rings. The zero-order valence-electron chi connectivity index (χ0n) is 13.9. The number of carbonyl (C=O) groups excluding carboxylic acids is 1. The van der Waals surface area contributed by atoms with Gasteiger partial charge in [0.15, 0.2) is 0 Å². The number of thiophene rings is 1. The Balaban J connectivity index is 1.59. The molecule has 1 amide bonds. The third kappa shape index (κ3) is 2.56. The fourth-order valence-corrected chi connectivity index (χ4v) is 4.60. The molecule has 2 atom stereocenters. The van der Waals surface area contributed by atoms with Crippen molar-refractivity contribution in [2.24, 2.45) is 11.1 Å². The van der Waals surface area contributed by atoms with Gasteiger partial charge in [-0.15, -0.1) is 11.3 Å². The van der Waals surface area contributed by atoms with Crippen molar-refractivity contribution >= 4 is 33.3 Å². The van der Waals surface area contributed by atoms with Gasteiger partial charge < -0.3 is 15.5 Å². The third-order valence-electron chi connectivity index (χ3n) is 5.41. The number of nitrogens with zero attached hydrogens (tertiary/aromatic N) is 4. The maximum absolute atomic E-state index is 13.1. The second-order valence-corrected chi connectivity index (χ2v) is 8.11. The van der Waals surface area contributed by atoms with Crippen molar-refractivity contribution in [1.29, 1.82) is 0 Å². The van der Waals surface area contributed by atoms with Crippen LogP contribution < -0.4 is 10.6 Å². The molecule has 128 valence electrons. The first-order chi connectivity index (χ1) is 11.6. The van der Waals surface area contributed by atoms with E-state index in [-0.39, 0.29) is 17.4 Å². The van der Waals surface area contributed by atoms with Crippen LogP contribution in [-0.2, 0) is 4.79 Å². The molecule has 0 bridgehead atoms. The molecule has 2 unspecified atom stereocenters. The summed E-state index contributed by atoms with van der Waals surface area (Å²) in [7, 11) is 0. The summed E-state index contributed by atoms with van der Waals surface area (Å²) in [5, 5.41) is 3.08. The van der Waals surface area contributed by atoms with Gasteiger partial charge in [0.25, 0.3) is 0 Å². The van der Waals surface area contributed by atoms with Crippen LogP contribution in [0.1, 0.15) is 26.2 Å². The number of fused-ring (bicyclic) bond motifs is 1. The summed E-state index contributed by atoms with van der Waals surface area (Å²) in [6.07, 6.45) is 4.51.